The van der Waals surface area contributed by atoms with Crippen LogP contribution in [0.2, 0.25) is 0 Å². The zero-order valence-corrected chi connectivity index (χ0v) is 36.8. The number of nitriles is 2. The lowest BCUT2D eigenvalue weighted by molar-refractivity contribution is 0.0258. The lowest BCUT2D eigenvalue weighted by Gasteiger charge is -2.41. The number of nitrogens with zero attached hydrogens (tertiary/aromatic N) is 4. The number of ether oxygens (including phenoxy) is 2. The van der Waals surface area contributed by atoms with Gasteiger partial charge in [-0.25, -0.2) is 0 Å². The fraction of sp³-hybridized carbons (Fsp3) is 0.240. The standard InChI is InChI=1S/C50H28N4O6S4/c1-53-35-19-29-30(20-36(35)54-2)40(58)32(39(29)57)16-26-18-34-44(62-26)46-42(60-50(34)11-7-4-8-12-50)48-47(64-46)41-45(63-48)43-33(49(59-41)9-5-3-6-10-49)17-25(61-43)15-31-37(55)27-13-23(21-51)24(22-52)14-28(27)38(31)56/h13-20H,3-12H2. The Morgan fingerprint density at radius 2 is 0.906 bits per heavy atom. The normalized spacial score (nSPS) is 18.2. The van der Waals surface area contributed by atoms with E-state index in [4.69, 9.17) is 22.6 Å². The number of fused-ring (bicyclic) bond motifs is 13. The fourth-order valence-electron chi connectivity index (χ4n) is 10.5. The first-order valence-corrected chi connectivity index (χ1v) is 24.2. The maximum atomic E-state index is 13.7. The quantitative estimate of drug-likeness (QED) is 0.0949. The molecule has 308 valence electrons. The van der Waals surface area contributed by atoms with Crippen molar-refractivity contribution in [1.82, 2.24) is 0 Å². The van der Waals surface area contributed by atoms with E-state index in [9.17, 15) is 29.7 Å². The molecule has 0 atom stereocenters. The van der Waals surface area contributed by atoms with Gasteiger partial charge in [0.25, 0.3) is 0 Å². The zero-order chi connectivity index (χ0) is 43.8. The summed E-state index contributed by atoms with van der Waals surface area (Å²) in [6.45, 7) is 15.0. The maximum Gasteiger partial charge on any atom is 0.197 e. The minimum Gasteiger partial charge on any atom is -0.479 e. The van der Waals surface area contributed by atoms with Crippen molar-refractivity contribution in [3.05, 3.63) is 125 Å². The smallest absolute Gasteiger partial charge is 0.197 e. The molecule has 0 amide bonds. The summed E-state index contributed by atoms with van der Waals surface area (Å²) < 4.78 is 16.6. The van der Waals surface area contributed by atoms with Crippen molar-refractivity contribution >= 4 is 101 Å². The maximum absolute atomic E-state index is 13.7. The van der Waals surface area contributed by atoms with Crippen molar-refractivity contribution in [1.29, 1.82) is 10.5 Å². The number of rotatable bonds is 2. The van der Waals surface area contributed by atoms with Crippen molar-refractivity contribution in [2.75, 3.05) is 0 Å². The molecule has 0 bridgehead atoms. The SMILES string of the molecule is [C-]#[N+]c1cc2c(cc1[N+]#[C-])C(=O)C(=Cc1cc3c(s1)-c1sc4c5c(sc4c1OC31CCCCC1)-c1sc(C=C3C(=O)c4cc(C#N)c(C#N)cc4C3=O)cc1C1(CCCCC1)O5)C2=O. The summed E-state index contributed by atoms with van der Waals surface area (Å²) in [5.41, 5.74) is 1.77. The van der Waals surface area contributed by atoms with Crippen LogP contribution in [0.4, 0.5) is 11.4 Å². The van der Waals surface area contributed by atoms with Crippen molar-refractivity contribution < 1.29 is 28.7 Å². The molecule has 12 rings (SSSR count). The average molecular weight is 909 g/mol. The Labute approximate surface area is 381 Å². The molecule has 6 aliphatic rings. The number of Topliss-reactive ketones (excluding diaryl/α,β-unsaturated/α-hetero) is 4. The summed E-state index contributed by atoms with van der Waals surface area (Å²) in [4.78, 5) is 67.2. The second-order valence-corrected chi connectivity index (χ2v) is 21.2. The lowest BCUT2D eigenvalue weighted by Crippen LogP contribution is -2.37. The van der Waals surface area contributed by atoms with Crippen LogP contribution in [0.3, 0.4) is 0 Å². The molecule has 0 N–H and O–H groups in total. The third-order valence-corrected chi connectivity index (χ3v) is 18.5. The van der Waals surface area contributed by atoms with Crippen molar-refractivity contribution in [3.63, 3.8) is 0 Å². The predicted octanol–water partition coefficient (Wildman–Crippen LogP) is 13.3. The third-order valence-electron chi connectivity index (χ3n) is 13.5. The summed E-state index contributed by atoms with van der Waals surface area (Å²) in [6, 6.07) is 13.5. The van der Waals surface area contributed by atoms with E-state index in [0.29, 0.717) is 0 Å². The number of benzene rings is 2. The van der Waals surface area contributed by atoms with Gasteiger partial charge in [0, 0.05) is 43.1 Å². The Morgan fingerprint density at radius 3 is 1.27 bits per heavy atom. The van der Waals surface area contributed by atoms with Gasteiger partial charge in [-0.15, -0.1) is 45.3 Å². The van der Waals surface area contributed by atoms with E-state index < -0.39 is 34.3 Å². The third kappa shape index (κ3) is 5.29. The van der Waals surface area contributed by atoms with Gasteiger partial charge in [-0.2, -0.15) is 10.5 Å². The van der Waals surface area contributed by atoms with Gasteiger partial charge in [0.2, 0.25) is 0 Å². The van der Waals surface area contributed by atoms with Crippen LogP contribution in [0.1, 0.15) is 138 Å². The van der Waals surface area contributed by atoms with E-state index in [1.807, 2.05) is 12.1 Å². The molecular formula is C50H28N4O6S4. The van der Waals surface area contributed by atoms with Gasteiger partial charge in [0.15, 0.2) is 46.0 Å². The van der Waals surface area contributed by atoms with E-state index in [0.717, 1.165) is 125 Å². The molecule has 0 saturated heterocycles. The van der Waals surface area contributed by atoms with E-state index >= 15 is 0 Å². The Morgan fingerprint density at radius 1 is 0.531 bits per heavy atom. The van der Waals surface area contributed by atoms with E-state index in [1.54, 1.807) is 46.2 Å². The highest BCUT2D eigenvalue weighted by Gasteiger charge is 2.49. The highest BCUT2D eigenvalue weighted by molar-refractivity contribution is 7.35. The topological polar surface area (TPSA) is 143 Å². The Balaban J connectivity index is 0.973. The molecule has 2 aliphatic heterocycles. The van der Waals surface area contributed by atoms with Crippen molar-refractivity contribution in [3.8, 4) is 43.1 Å². The molecule has 2 fully saturated rings. The highest BCUT2D eigenvalue weighted by Crippen LogP contribution is 2.66. The number of ketones is 4. The molecule has 4 aromatic heterocycles. The molecular weight excluding hydrogens is 881 g/mol. The van der Waals surface area contributed by atoms with Crippen molar-refractivity contribution in [2.45, 2.75) is 75.4 Å². The summed E-state index contributed by atoms with van der Waals surface area (Å²) in [5, 5.41) is 19.2. The summed E-state index contributed by atoms with van der Waals surface area (Å²) >= 11 is 6.35. The van der Waals surface area contributed by atoms with Gasteiger partial charge in [-0.05, 0) is 87.8 Å². The molecule has 2 saturated carbocycles. The van der Waals surface area contributed by atoms with Gasteiger partial charge < -0.3 is 9.47 Å². The number of carbonyl (C=O) groups is 4. The van der Waals surface area contributed by atoms with Gasteiger partial charge >= 0.3 is 0 Å². The largest absolute Gasteiger partial charge is 0.479 e. The highest BCUT2D eigenvalue weighted by atomic mass is 32.1. The monoisotopic (exact) mass is 908 g/mol. The predicted molar refractivity (Wildman–Crippen MR) is 245 cm³/mol. The van der Waals surface area contributed by atoms with E-state index in [-0.39, 0.29) is 55.9 Å². The van der Waals surface area contributed by atoms with Gasteiger partial charge in [0.1, 0.15) is 23.3 Å². The number of thiophene rings is 4. The number of hydrogen-bond acceptors (Lipinski definition) is 12. The van der Waals surface area contributed by atoms with Crippen LogP contribution in [0.15, 0.2) is 47.5 Å². The number of allylic oxidation sites excluding steroid dienone is 2. The molecule has 0 radical (unpaired) electrons. The number of carbonyl (C=O) groups excluding carboxylic acids is 4. The second-order valence-electron chi connectivity index (χ2n) is 17.0. The van der Waals surface area contributed by atoms with Crippen LogP contribution in [-0.4, -0.2) is 23.1 Å². The van der Waals surface area contributed by atoms with Crippen LogP contribution in [-0.2, 0) is 11.2 Å². The van der Waals surface area contributed by atoms with Crippen LogP contribution in [0.5, 0.6) is 11.5 Å². The molecule has 6 aromatic rings. The van der Waals surface area contributed by atoms with Gasteiger partial charge in [0.05, 0.1) is 64.3 Å². The Kier molecular flexibility index (Phi) is 8.41. The molecule has 2 spiro atoms. The lowest BCUT2D eigenvalue weighted by atomic mass is 9.78. The average Bonchev–Trinajstić information content (AvgIpc) is 4.17. The molecule has 14 heteroatoms. The van der Waals surface area contributed by atoms with E-state index in [2.05, 4.69) is 21.8 Å². The minimum atomic E-state index is -0.593. The first-order valence-electron chi connectivity index (χ1n) is 20.9. The van der Waals surface area contributed by atoms with E-state index in [1.165, 1.54) is 35.6 Å². The second kappa shape index (κ2) is 13.9. The molecule has 6 heterocycles. The van der Waals surface area contributed by atoms with Gasteiger partial charge in [-0.3, -0.25) is 28.9 Å². The van der Waals surface area contributed by atoms with Crippen molar-refractivity contribution in [2.24, 2.45) is 0 Å². The summed E-state index contributed by atoms with van der Waals surface area (Å²) in [6.07, 6.45) is 12.8. The fourth-order valence-corrected chi connectivity index (χ4v) is 15.7. The molecule has 10 nitrogen and oxygen atoms in total. The minimum absolute atomic E-state index is 0.00950. The molecule has 0 unspecified atom stereocenters. The van der Waals surface area contributed by atoms with Crippen LogP contribution in [0, 0.1) is 35.8 Å². The first-order chi connectivity index (χ1) is 31.1. The Bertz CT molecular complexity index is 3160. The molecule has 4 aliphatic carbocycles. The van der Waals surface area contributed by atoms with Crippen LogP contribution in [0.25, 0.3) is 50.8 Å². The van der Waals surface area contributed by atoms with Crippen LogP contribution >= 0.6 is 45.3 Å². The van der Waals surface area contributed by atoms with Crippen LogP contribution < -0.4 is 9.47 Å². The molecule has 2 aromatic carbocycles. The Hall–Kier alpha value is -6.78. The number of hydrogen-bond donors (Lipinski definition) is 0. The zero-order valence-electron chi connectivity index (χ0n) is 33.6. The first kappa shape index (κ1) is 38.9. The summed E-state index contributed by atoms with van der Waals surface area (Å²) in [5.74, 6) is -0.171. The van der Waals surface area contributed by atoms with Gasteiger partial charge in [-0.1, -0.05) is 25.0 Å². The summed E-state index contributed by atoms with van der Waals surface area (Å²) in [7, 11) is 0. The molecule has 64 heavy (non-hydrogen) atoms.